The van der Waals surface area contributed by atoms with Crippen LogP contribution in [0.4, 0.5) is 0 Å². The summed E-state index contributed by atoms with van der Waals surface area (Å²) < 4.78 is 0. The van der Waals surface area contributed by atoms with Crippen LogP contribution < -0.4 is 5.73 Å². The minimum Gasteiger partial charge on any atom is -0.384 e. The molecule has 1 aromatic rings. The molecule has 0 spiro atoms. The molecular formula is C9H12N2. The largest absolute Gasteiger partial charge is 0.384 e. The minimum atomic E-state index is 0.132. The van der Waals surface area contributed by atoms with Crippen molar-refractivity contribution >= 4 is 5.84 Å². The number of rotatable bonds is 2. The van der Waals surface area contributed by atoms with E-state index in [1.54, 1.807) is 0 Å². The van der Waals surface area contributed by atoms with Crippen molar-refractivity contribution in [2.75, 3.05) is 0 Å². The summed E-state index contributed by atoms with van der Waals surface area (Å²) in [4.78, 5) is 0. The third kappa shape index (κ3) is 1.80. The average Bonchev–Trinajstić information content (AvgIpc) is 2.05. The Kier molecular flexibility index (Phi) is 2.26. The van der Waals surface area contributed by atoms with Crippen LogP contribution in [0.3, 0.4) is 0 Å². The first-order valence-corrected chi connectivity index (χ1v) is 3.67. The molecule has 0 unspecified atom stereocenters. The summed E-state index contributed by atoms with van der Waals surface area (Å²) in [7, 11) is 0. The van der Waals surface area contributed by atoms with Gasteiger partial charge in [-0.1, -0.05) is 31.2 Å². The summed E-state index contributed by atoms with van der Waals surface area (Å²) >= 11 is 0. The van der Waals surface area contributed by atoms with Crippen molar-refractivity contribution in [2.24, 2.45) is 5.73 Å². The molecule has 11 heavy (non-hydrogen) atoms. The van der Waals surface area contributed by atoms with Gasteiger partial charge >= 0.3 is 0 Å². The van der Waals surface area contributed by atoms with E-state index in [1.807, 2.05) is 24.3 Å². The molecule has 3 N–H and O–H groups in total. The molecule has 0 saturated carbocycles. The summed E-state index contributed by atoms with van der Waals surface area (Å²) in [5.74, 6) is 0.132. The van der Waals surface area contributed by atoms with Gasteiger partial charge in [-0.25, -0.2) is 0 Å². The maximum absolute atomic E-state index is 7.14. The van der Waals surface area contributed by atoms with E-state index >= 15 is 0 Å². The van der Waals surface area contributed by atoms with Crippen molar-refractivity contribution in [3.05, 3.63) is 35.4 Å². The van der Waals surface area contributed by atoms with E-state index in [4.69, 9.17) is 11.1 Å². The topological polar surface area (TPSA) is 49.9 Å². The Balaban J connectivity index is 2.91. The predicted molar refractivity (Wildman–Crippen MR) is 46.8 cm³/mol. The minimum absolute atomic E-state index is 0.132. The van der Waals surface area contributed by atoms with Crippen molar-refractivity contribution < 1.29 is 0 Å². The summed E-state index contributed by atoms with van der Waals surface area (Å²) in [6, 6.07) is 7.75. The fourth-order valence-corrected chi connectivity index (χ4v) is 0.920. The molecule has 0 aliphatic heterocycles. The Morgan fingerprint density at radius 2 is 1.91 bits per heavy atom. The van der Waals surface area contributed by atoms with Gasteiger partial charge < -0.3 is 5.73 Å². The maximum atomic E-state index is 7.14. The van der Waals surface area contributed by atoms with Gasteiger partial charge in [0, 0.05) is 5.56 Å². The van der Waals surface area contributed by atoms with Gasteiger partial charge in [-0.3, -0.25) is 5.41 Å². The maximum Gasteiger partial charge on any atom is 0.122 e. The second-order valence-corrected chi connectivity index (χ2v) is 2.46. The summed E-state index contributed by atoms with van der Waals surface area (Å²) in [5.41, 5.74) is 7.36. The van der Waals surface area contributed by atoms with E-state index in [9.17, 15) is 0 Å². The molecule has 0 bridgehead atoms. The molecule has 0 aliphatic rings. The molecule has 0 heterocycles. The average molecular weight is 148 g/mol. The van der Waals surface area contributed by atoms with E-state index in [0.717, 1.165) is 12.0 Å². The van der Waals surface area contributed by atoms with Gasteiger partial charge in [0.1, 0.15) is 5.84 Å². The van der Waals surface area contributed by atoms with Crippen LogP contribution in [0.1, 0.15) is 18.1 Å². The lowest BCUT2D eigenvalue weighted by Gasteiger charge is -1.98. The van der Waals surface area contributed by atoms with Crippen molar-refractivity contribution in [1.82, 2.24) is 0 Å². The standard InChI is InChI=1S/C9H12N2/c1-2-7-3-5-8(6-4-7)9(10)11/h3-6H,2H2,1H3,(H3,10,11). The second-order valence-electron chi connectivity index (χ2n) is 2.46. The number of hydrogen-bond acceptors (Lipinski definition) is 1. The van der Waals surface area contributed by atoms with Crippen LogP contribution >= 0.6 is 0 Å². The highest BCUT2D eigenvalue weighted by Gasteiger charge is 1.93. The molecule has 0 atom stereocenters. The SMILES string of the molecule is CCc1ccc(C(=N)N)cc1. The molecule has 0 saturated heterocycles. The van der Waals surface area contributed by atoms with Crippen LogP contribution in [0.2, 0.25) is 0 Å². The molecule has 0 aromatic heterocycles. The van der Waals surface area contributed by atoms with E-state index in [-0.39, 0.29) is 5.84 Å². The van der Waals surface area contributed by atoms with Crippen molar-refractivity contribution in [3.8, 4) is 0 Å². The molecule has 0 aliphatic carbocycles. The van der Waals surface area contributed by atoms with Crippen LogP contribution in [0, 0.1) is 5.41 Å². The van der Waals surface area contributed by atoms with Crippen LogP contribution in [0.15, 0.2) is 24.3 Å². The number of benzene rings is 1. The van der Waals surface area contributed by atoms with Crippen LogP contribution in [-0.4, -0.2) is 5.84 Å². The van der Waals surface area contributed by atoms with E-state index in [1.165, 1.54) is 5.56 Å². The van der Waals surface area contributed by atoms with Crippen molar-refractivity contribution in [3.63, 3.8) is 0 Å². The Bertz CT molecular complexity index is 249. The molecular weight excluding hydrogens is 136 g/mol. The van der Waals surface area contributed by atoms with Gasteiger partial charge in [-0.15, -0.1) is 0 Å². The number of amidine groups is 1. The van der Waals surface area contributed by atoms with E-state index < -0.39 is 0 Å². The lowest BCUT2D eigenvalue weighted by Crippen LogP contribution is -2.10. The van der Waals surface area contributed by atoms with Gasteiger partial charge in [0.15, 0.2) is 0 Å². The van der Waals surface area contributed by atoms with Gasteiger partial charge in [-0.05, 0) is 12.0 Å². The normalized spacial score (nSPS) is 9.55. The van der Waals surface area contributed by atoms with Crippen LogP contribution in [0.25, 0.3) is 0 Å². The molecule has 1 aromatic carbocycles. The highest BCUT2D eigenvalue weighted by molar-refractivity contribution is 5.94. The first-order chi connectivity index (χ1) is 5.24. The van der Waals surface area contributed by atoms with Gasteiger partial charge in [0.25, 0.3) is 0 Å². The van der Waals surface area contributed by atoms with Gasteiger partial charge in [0.2, 0.25) is 0 Å². The number of aryl methyl sites for hydroxylation is 1. The smallest absolute Gasteiger partial charge is 0.122 e. The summed E-state index contributed by atoms with van der Waals surface area (Å²) in [6.07, 6.45) is 1.03. The second kappa shape index (κ2) is 3.19. The third-order valence-electron chi connectivity index (χ3n) is 1.67. The Labute approximate surface area is 66.6 Å². The highest BCUT2D eigenvalue weighted by atomic mass is 14.7. The van der Waals surface area contributed by atoms with E-state index in [2.05, 4.69) is 6.92 Å². The zero-order valence-corrected chi connectivity index (χ0v) is 6.59. The fraction of sp³-hybridized carbons (Fsp3) is 0.222. The monoisotopic (exact) mass is 148 g/mol. The Hall–Kier alpha value is -1.31. The first-order valence-electron chi connectivity index (χ1n) is 3.67. The van der Waals surface area contributed by atoms with Gasteiger partial charge in [0.05, 0.1) is 0 Å². The van der Waals surface area contributed by atoms with Crippen LogP contribution in [-0.2, 0) is 6.42 Å². The lowest BCUT2D eigenvalue weighted by atomic mass is 10.1. The van der Waals surface area contributed by atoms with Crippen molar-refractivity contribution in [1.29, 1.82) is 5.41 Å². The quantitative estimate of drug-likeness (QED) is 0.485. The summed E-state index contributed by atoms with van der Waals surface area (Å²) in [5, 5.41) is 7.14. The molecule has 0 radical (unpaired) electrons. The van der Waals surface area contributed by atoms with E-state index in [0.29, 0.717) is 0 Å². The third-order valence-corrected chi connectivity index (χ3v) is 1.67. The number of nitrogens with two attached hydrogens (primary N) is 1. The lowest BCUT2D eigenvalue weighted by molar-refractivity contribution is 1.14. The Morgan fingerprint density at radius 3 is 2.27 bits per heavy atom. The fourth-order valence-electron chi connectivity index (χ4n) is 0.920. The molecule has 1 rings (SSSR count). The highest BCUT2D eigenvalue weighted by Crippen LogP contribution is 2.03. The van der Waals surface area contributed by atoms with Crippen molar-refractivity contribution in [2.45, 2.75) is 13.3 Å². The zero-order chi connectivity index (χ0) is 8.27. The summed E-state index contributed by atoms with van der Waals surface area (Å²) in [6.45, 7) is 2.10. The molecule has 0 fully saturated rings. The first kappa shape index (κ1) is 7.79. The Morgan fingerprint density at radius 1 is 1.36 bits per heavy atom. The molecule has 2 nitrogen and oxygen atoms in total. The number of hydrogen-bond donors (Lipinski definition) is 2. The number of nitrogens with one attached hydrogen (secondary N) is 1. The zero-order valence-electron chi connectivity index (χ0n) is 6.59. The van der Waals surface area contributed by atoms with Crippen LogP contribution in [0.5, 0.6) is 0 Å². The van der Waals surface area contributed by atoms with Gasteiger partial charge in [-0.2, -0.15) is 0 Å². The number of nitrogen functional groups attached to an aromatic ring is 1. The molecule has 58 valence electrons. The predicted octanol–water partition coefficient (Wildman–Crippen LogP) is 1.53. The molecule has 0 amide bonds. The molecule has 2 heteroatoms.